The topological polar surface area (TPSA) is 109 Å². The van der Waals surface area contributed by atoms with Gasteiger partial charge < -0.3 is 14.8 Å². The predicted octanol–water partition coefficient (Wildman–Crippen LogP) is 3.63. The number of carboxylic acids is 1. The van der Waals surface area contributed by atoms with Crippen molar-refractivity contribution >= 4 is 21.7 Å². The van der Waals surface area contributed by atoms with Crippen LogP contribution in [0.5, 0.6) is 0 Å². The van der Waals surface area contributed by atoms with Gasteiger partial charge in [-0.15, -0.1) is 0 Å². The molecule has 3 aromatic rings. The molecule has 28 heavy (non-hydrogen) atoms. The number of hydrogen-bond donors (Lipinski definition) is 3. The van der Waals surface area contributed by atoms with Crippen molar-refractivity contribution in [1.82, 2.24) is 4.72 Å². The molecule has 0 amide bonds. The van der Waals surface area contributed by atoms with Gasteiger partial charge in [-0.3, -0.25) is 0 Å². The van der Waals surface area contributed by atoms with Crippen LogP contribution in [0.25, 0.3) is 0 Å². The summed E-state index contributed by atoms with van der Waals surface area (Å²) in [7, 11) is -3.99. The minimum Gasteiger partial charge on any atom is -0.478 e. The molecule has 0 aliphatic heterocycles. The lowest BCUT2D eigenvalue weighted by Crippen LogP contribution is -2.25. The first kappa shape index (κ1) is 19.7. The predicted molar refractivity (Wildman–Crippen MR) is 105 cm³/mol. The van der Waals surface area contributed by atoms with Crippen molar-refractivity contribution in [3.05, 3.63) is 83.8 Å². The summed E-state index contributed by atoms with van der Waals surface area (Å²) in [6.45, 7) is 1.85. The van der Waals surface area contributed by atoms with E-state index in [1.165, 1.54) is 18.4 Å². The standard InChI is InChI=1S/C20H20N2O5S/c1-14(15-6-3-2-4-7-15)22-18-10-9-16(20(23)24)12-19(18)28(25,26)21-13-17-8-5-11-27-17/h2-12,14,21-22H,13H2,1H3,(H,23,24)/t14-/m0/s1. The highest BCUT2D eigenvalue weighted by molar-refractivity contribution is 7.89. The van der Waals surface area contributed by atoms with E-state index >= 15 is 0 Å². The molecule has 0 bridgehead atoms. The van der Waals surface area contributed by atoms with Crippen LogP contribution in [-0.4, -0.2) is 19.5 Å². The van der Waals surface area contributed by atoms with Crippen molar-refractivity contribution in [1.29, 1.82) is 0 Å². The van der Waals surface area contributed by atoms with Gasteiger partial charge in [0.15, 0.2) is 0 Å². The fourth-order valence-electron chi connectivity index (χ4n) is 2.71. The third kappa shape index (κ3) is 4.59. The molecule has 0 spiro atoms. The Morgan fingerprint density at radius 3 is 2.50 bits per heavy atom. The minimum absolute atomic E-state index is 0.0414. The molecular weight excluding hydrogens is 380 g/mol. The van der Waals surface area contributed by atoms with Gasteiger partial charge in [0.1, 0.15) is 10.7 Å². The average Bonchev–Trinajstić information content (AvgIpc) is 3.21. The van der Waals surface area contributed by atoms with Gasteiger partial charge in [-0.1, -0.05) is 30.3 Å². The van der Waals surface area contributed by atoms with Crippen LogP contribution >= 0.6 is 0 Å². The summed E-state index contributed by atoms with van der Waals surface area (Å²) in [4.78, 5) is 11.2. The third-order valence-electron chi connectivity index (χ3n) is 4.21. The molecule has 7 nitrogen and oxygen atoms in total. The second kappa shape index (κ2) is 8.28. The smallest absolute Gasteiger partial charge is 0.335 e. The molecule has 0 unspecified atom stereocenters. The zero-order valence-corrected chi connectivity index (χ0v) is 15.9. The van der Waals surface area contributed by atoms with Gasteiger partial charge in [0.2, 0.25) is 10.0 Å². The lowest BCUT2D eigenvalue weighted by Gasteiger charge is -2.19. The van der Waals surface area contributed by atoms with E-state index in [1.807, 2.05) is 37.3 Å². The number of nitrogens with one attached hydrogen (secondary N) is 2. The van der Waals surface area contributed by atoms with Crippen molar-refractivity contribution in [2.45, 2.75) is 24.4 Å². The van der Waals surface area contributed by atoms with Crippen LogP contribution in [0.2, 0.25) is 0 Å². The van der Waals surface area contributed by atoms with Crippen molar-refractivity contribution < 1.29 is 22.7 Å². The summed E-state index contributed by atoms with van der Waals surface area (Å²) >= 11 is 0. The van der Waals surface area contributed by atoms with E-state index in [-0.39, 0.29) is 23.0 Å². The monoisotopic (exact) mass is 400 g/mol. The van der Waals surface area contributed by atoms with E-state index < -0.39 is 16.0 Å². The summed E-state index contributed by atoms with van der Waals surface area (Å²) in [6, 6.07) is 16.6. The van der Waals surface area contributed by atoms with Crippen LogP contribution < -0.4 is 10.0 Å². The van der Waals surface area contributed by atoms with Gasteiger partial charge in [-0.2, -0.15) is 0 Å². The number of sulfonamides is 1. The van der Waals surface area contributed by atoms with Gasteiger partial charge >= 0.3 is 5.97 Å². The molecule has 0 aliphatic carbocycles. The van der Waals surface area contributed by atoms with Crippen LogP contribution in [0.1, 0.15) is 34.6 Å². The molecule has 146 valence electrons. The molecule has 0 radical (unpaired) electrons. The van der Waals surface area contributed by atoms with Gasteiger partial charge in [0.05, 0.1) is 24.1 Å². The number of rotatable bonds is 8. The Hall–Kier alpha value is -3.10. The first-order valence-corrected chi connectivity index (χ1v) is 10.1. The molecule has 0 saturated carbocycles. The van der Waals surface area contributed by atoms with Crippen LogP contribution in [0, 0.1) is 0 Å². The van der Waals surface area contributed by atoms with Crippen molar-refractivity contribution in [2.75, 3.05) is 5.32 Å². The summed E-state index contributed by atoms with van der Waals surface area (Å²) in [5, 5.41) is 12.4. The highest BCUT2D eigenvalue weighted by Gasteiger charge is 2.22. The molecule has 8 heteroatoms. The van der Waals surface area contributed by atoms with E-state index in [0.29, 0.717) is 11.4 Å². The Morgan fingerprint density at radius 2 is 1.86 bits per heavy atom. The zero-order valence-electron chi connectivity index (χ0n) is 15.1. The maximum Gasteiger partial charge on any atom is 0.335 e. The number of benzene rings is 2. The molecule has 0 fully saturated rings. The largest absolute Gasteiger partial charge is 0.478 e. The Bertz CT molecular complexity index is 1050. The Kier molecular flexibility index (Phi) is 5.81. The maximum atomic E-state index is 12.9. The van der Waals surface area contributed by atoms with Gasteiger partial charge in [-0.05, 0) is 42.8 Å². The fraction of sp³-hybridized carbons (Fsp3) is 0.150. The van der Waals surface area contributed by atoms with Crippen LogP contribution in [-0.2, 0) is 16.6 Å². The first-order chi connectivity index (χ1) is 13.4. The summed E-state index contributed by atoms with van der Waals surface area (Å²) in [5.74, 6) is -0.754. The number of hydrogen-bond acceptors (Lipinski definition) is 5. The molecule has 1 heterocycles. The number of aromatic carboxylic acids is 1. The average molecular weight is 400 g/mol. The highest BCUT2D eigenvalue weighted by atomic mass is 32.2. The lowest BCUT2D eigenvalue weighted by atomic mass is 10.1. The van der Waals surface area contributed by atoms with Gasteiger partial charge in [0.25, 0.3) is 0 Å². The number of carboxylic acid groups (broad SMARTS) is 1. The molecule has 1 atom stereocenters. The number of anilines is 1. The number of furan rings is 1. The molecule has 1 aromatic heterocycles. The van der Waals surface area contributed by atoms with E-state index in [2.05, 4.69) is 10.0 Å². The summed E-state index contributed by atoms with van der Waals surface area (Å²) in [6.07, 6.45) is 1.45. The summed E-state index contributed by atoms with van der Waals surface area (Å²) < 4.78 is 33.3. The SMILES string of the molecule is C[C@H](Nc1ccc(C(=O)O)cc1S(=O)(=O)NCc1ccco1)c1ccccc1. The zero-order chi connectivity index (χ0) is 20.1. The first-order valence-electron chi connectivity index (χ1n) is 8.58. The van der Waals surface area contributed by atoms with Gasteiger partial charge in [-0.25, -0.2) is 17.9 Å². The summed E-state index contributed by atoms with van der Waals surface area (Å²) in [5.41, 5.74) is 1.17. The molecule has 2 aromatic carbocycles. The van der Waals surface area contributed by atoms with Crippen molar-refractivity contribution in [3.8, 4) is 0 Å². The van der Waals surface area contributed by atoms with Crippen molar-refractivity contribution in [3.63, 3.8) is 0 Å². The van der Waals surface area contributed by atoms with Crippen LogP contribution in [0.3, 0.4) is 0 Å². The third-order valence-corrected chi connectivity index (χ3v) is 5.65. The second-order valence-electron chi connectivity index (χ2n) is 6.20. The maximum absolute atomic E-state index is 12.9. The fourth-order valence-corrected chi connectivity index (χ4v) is 3.90. The molecular formula is C20H20N2O5S. The van der Waals surface area contributed by atoms with E-state index in [1.54, 1.807) is 12.1 Å². The Labute approximate surface area is 163 Å². The van der Waals surface area contributed by atoms with Crippen LogP contribution in [0.15, 0.2) is 76.2 Å². The second-order valence-corrected chi connectivity index (χ2v) is 7.93. The molecule has 0 aliphatic rings. The Morgan fingerprint density at radius 1 is 1.11 bits per heavy atom. The minimum atomic E-state index is -3.99. The van der Waals surface area contributed by atoms with Crippen LogP contribution in [0.4, 0.5) is 5.69 Å². The Balaban J connectivity index is 1.92. The molecule has 0 saturated heterocycles. The molecule has 3 rings (SSSR count). The quantitative estimate of drug-likeness (QED) is 0.533. The van der Waals surface area contributed by atoms with Crippen molar-refractivity contribution in [2.24, 2.45) is 0 Å². The van der Waals surface area contributed by atoms with E-state index in [4.69, 9.17) is 4.42 Å². The molecule has 3 N–H and O–H groups in total. The number of carbonyl (C=O) groups is 1. The lowest BCUT2D eigenvalue weighted by molar-refractivity contribution is 0.0696. The normalized spacial score (nSPS) is 12.5. The van der Waals surface area contributed by atoms with E-state index in [0.717, 1.165) is 11.6 Å². The van der Waals surface area contributed by atoms with Gasteiger partial charge in [0, 0.05) is 6.04 Å². The van der Waals surface area contributed by atoms with E-state index in [9.17, 15) is 18.3 Å². The highest BCUT2D eigenvalue weighted by Crippen LogP contribution is 2.27.